The molecular formula is C16H24N2. The van der Waals surface area contributed by atoms with Crippen LogP contribution in [0.1, 0.15) is 36.8 Å². The van der Waals surface area contributed by atoms with Crippen LogP contribution in [0.25, 0.3) is 0 Å². The van der Waals surface area contributed by atoms with Crippen molar-refractivity contribution < 1.29 is 0 Å². The minimum Gasteiger partial charge on any atom is -0.371 e. The monoisotopic (exact) mass is 244 g/mol. The highest BCUT2D eigenvalue weighted by molar-refractivity contribution is 5.50. The van der Waals surface area contributed by atoms with Crippen molar-refractivity contribution in [3.8, 4) is 0 Å². The first-order valence-corrected chi connectivity index (χ1v) is 7.30. The molecule has 98 valence electrons. The predicted octanol–water partition coefficient (Wildman–Crippen LogP) is 3.02. The van der Waals surface area contributed by atoms with Crippen molar-refractivity contribution in [1.29, 1.82) is 0 Å². The minimum atomic E-state index is 0.764. The summed E-state index contributed by atoms with van der Waals surface area (Å²) >= 11 is 0. The Balaban J connectivity index is 1.59. The molecule has 1 heterocycles. The van der Waals surface area contributed by atoms with E-state index >= 15 is 0 Å². The van der Waals surface area contributed by atoms with E-state index in [1.807, 2.05) is 0 Å². The van der Waals surface area contributed by atoms with Gasteiger partial charge in [0.15, 0.2) is 0 Å². The SMILES string of the molecule is Cc1ccc(N2CCC(NC3CC3)CC2)cc1C. The highest BCUT2D eigenvalue weighted by Crippen LogP contribution is 2.25. The summed E-state index contributed by atoms with van der Waals surface area (Å²) < 4.78 is 0. The maximum Gasteiger partial charge on any atom is 0.0369 e. The number of nitrogens with zero attached hydrogens (tertiary/aromatic N) is 1. The van der Waals surface area contributed by atoms with Gasteiger partial charge in [0.1, 0.15) is 0 Å². The van der Waals surface area contributed by atoms with Crippen LogP contribution in [0, 0.1) is 13.8 Å². The molecule has 1 saturated carbocycles. The standard InChI is InChI=1S/C16H24N2/c1-12-3-6-16(11-13(12)2)18-9-7-15(8-10-18)17-14-4-5-14/h3,6,11,14-15,17H,4-5,7-10H2,1-2H3. The molecule has 0 atom stereocenters. The van der Waals surface area contributed by atoms with E-state index in [2.05, 4.69) is 42.3 Å². The van der Waals surface area contributed by atoms with Gasteiger partial charge < -0.3 is 10.2 Å². The summed E-state index contributed by atoms with van der Waals surface area (Å²) in [5.74, 6) is 0. The zero-order valence-corrected chi connectivity index (χ0v) is 11.6. The molecule has 1 saturated heterocycles. The minimum absolute atomic E-state index is 0.764. The summed E-state index contributed by atoms with van der Waals surface area (Å²) in [6, 6.07) is 8.48. The van der Waals surface area contributed by atoms with E-state index in [1.54, 1.807) is 0 Å². The van der Waals surface area contributed by atoms with Gasteiger partial charge in [0.05, 0.1) is 0 Å². The molecular weight excluding hydrogens is 220 g/mol. The van der Waals surface area contributed by atoms with Crippen LogP contribution in [0.4, 0.5) is 5.69 Å². The van der Waals surface area contributed by atoms with Crippen LogP contribution in [0.2, 0.25) is 0 Å². The summed E-state index contributed by atoms with van der Waals surface area (Å²) in [6.45, 7) is 6.80. The zero-order chi connectivity index (χ0) is 12.5. The summed E-state index contributed by atoms with van der Waals surface area (Å²) in [7, 11) is 0. The molecule has 1 aliphatic heterocycles. The highest BCUT2D eigenvalue weighted by Gasteiger charge is 2.27. The fourth-order valence-corrected chi connectivity index (χ4v) is 2.81. The van der Waals surface area contributed by atoms with E-state index in [9.17, 15) is 0 Å². The van der Waals surface area contributed by atoms with Gasteiger partial charge in [-0.15, -0.1) is 0 Å². The first kappa shape index (κ1) is 12.0. The number of anilines is 1. The van der Waals surface area contributed by atoms with Gasteiger partial charge in [-0.25, -0.2) is 0 Å². The largest absolute Gasteiger partial charge is 0.371 e. The molecule has 0 bridgehead atoms. The van der Waals surface area contributed by atoms with Crippen LogP contribution in [-0.4, -0.2) is 25.2 Å². The Bertz CT molecular complexity index is 415. The predicted molar refractivity (Wildman–Crippen MR) is 77.3 cm³/mol. The average Bonchev–Trinajstić information content (AvgIpc) is 3.18. The molecule has 2 nitrogen and oxygen atoms in total. The van der Waals surface area contributed by atoms with Crippen LogP contribution in [-0.2, 0) is 0 Å². The first-order valence-electron chi connectivity index (χ1n) is 7.30. The number of benzene rings is 1. The summed E-state index contributed by atoms with van der Waals surface area (Å²) in [5.41, 5.74) is 4.21. The maximum absolute atomic E-state index is 3.76. The average molecular weight is 244 g/mol. The number of rotatable bonds is 3. The molecule has 0 amide bonds. The molecule has 1 aromatic rings. The van der Waals surface area contributed by atoms with E-state index in [4.69, 9.17) is 0 Å². The molecule has 1 aliphatic carbocycles. The van der Waals surface area contributed by atoms with Crippen molar-refractivity contribution >= 4 is 5.69 Å². The highest BCUT2D eigenvalue weighted by atomic mass is 15.2. The van der Waals surface area contributed by atoms with E-state index in [0.717, 1.165) is 12.1 Å². The molecule has 18 heavy (non-hydrogen) atoms. The van der Waals surface area contributed by atoms with Crippen LogP contribution in [0.3, 0.4) is 0 Å². The number of aryl methyl sites for hydroxylation is 2. The van der Waals surface area contributed by atoms with Gasteiger partial charge in [0.2, 0.25) is 0 Å². The zero-order valence-electron chi connectivity index (χ0n) is 11.6. The normalized spacial score (nSPS) is 21.3. The number of piperidine rings is 1. The Morgan fingerprint density at radius 1 is 0.944 bits per heavy atom. The van der Waals surface area contributed by atoms with Crippen LogP contribution < -0.4 is 10.2 Å². The van der Waals surface area contributed by atoms with Crippen LogP contribution in [0.5, 0.6) is 0 Å². The molecule has 0 unspecified atom stereocenters. The van der Waals surface area contributed by atoms with Gasteiger partial charge >= 0.3 is 0 Å². The second kappa shape index (κ2) is 4.93. The molecule has 3 rings (SSSR count). The van der Waals surface area contributed by atoms with Gasteiger partial charge in [0.25, 0.3) is 0 Å². The quantitative estimate of drug-likeness (QED) is 0.879. The van der Waals surface area contributed by atoms with Gasteiger partial charge in [-0.1, -0.05) is 6.07 Å². The third kappa shape index (κ3) is 2.69. The third-order valence-electron chi connectivity index (χ3n) is 4.40. The lowest BCUT2D eigenvalue weighted by Gasteiger charge is -2.34. The van der Waals surface area contributed by atoms with Crippen molar-refractivity contribution in [2.24, 2.45) is 0 Å². The Morgan fingerprint density at radius 3 is 2.22 bits per heavy atom. The fraction of sp³-hybridized carbons (Fsp3) is 0.625. The van der Waals surface area contributed by atoms with Crippen molar-refractivity contribution in [1.82, 2.24) is 5.32 Å². The summed E-state index contributed by atoms with van der Waals surface area (Å²) in [5, 5.41) is 3.76. The van der Waals surface area contributed by atoms with Gasteiger partial charge in [0, 0.05) is 30.9 Å². The number of nitrogens with one attached hydrogen (secondary N) is 1. The number of hydrogen-bond acceptors (Lipinski definition) is 2. The Labute approximate surface area is 110 Å². The van der Waals surface area contributed by atoms with E-state index in [0.29, 0.717) is 0 Å². The molecule has 0 aromatic heterocycles. The molecule has 2 fully saturated rings. The second-order valence-electron chi connectivity index (χ2n) is 5.97. The Morgan fingerprint density at radius 2 is 1.61 bits per heavy atom. The van der Waals surface area contributed by atoms with E-state index in [-0.39, 0.29) is 0 Å². The van der Waals surface area contributed by atoms with Crippen LogP contribution >= 0.6 is 0 Å². The summed E-state index contributed by atoms with van der Waals surface area (Å²) in [4.78, 5) is 2.54. The fourth-order valence-electron chi connectivity index (χ4n) is 2.81. The maximum atomic E-state index is 3.76. The molecule has 2 aliphatic rings. The second-order valence-corrected chi connectivity index (χ2v) is 5.97. The molecule has 0 spiro atoms. The van der Waals surface area contributed by atoms with Crippen molar-refractivity contribution in [3.63, 3.8) is 0 Å². The molecule has 1 aromatic carbocycles. The van der Waals surface area contributed by atoms with Gasteiger partial charge in [-0.05, 0) is 62.8 Å². The van der Waals surface area contributed by atoms with Gasteiger partial charge in [-0.2, -0.15) is 0 Å². The Kier molecular flexibility index (Phi) is 3.29. The smallest absolute Gasteiger partial charge is 0.0369 e. The number of hydrogen-bond donors (Lipinski definition) is 1. The lowest BCUT2D eigenvalue weighted by atomic mass is 10.0. The molecule has 0 radical (unpaired) electrons. The van der Waals surface area contributed by atoms with Gasteiger partial charge in [-0.3, -0.25) is 0 Å². The topological polar surface area (TPSA) is 15.3 Å². The molecule has 1 N–H and O–H groups in total. The van der Waals surface area contributed by atoms with Crippen LogP contribution in [0.15, 0.2) is 18.2 Å². The van der Waals surface area contributed by atoms with Crippen molar-refractivity contribution in [3.05, 3.63) is 29.3 Å². The van der Waals surface area contributed by atoms with Crippen molar-refractivity contribution in [2.75, 3.05) is 18.0 Å². The van der Waals surface area contributed by atoms with Crippen molar-refractivity contribution in [2.45, 2.75) is 51.6 Å². The van der Waals surface area contributed by atoms with E-state index in [1.165, 1.54) is 55.6 Å². The first-order chi connectivity index (χ1) is 8.72. The van der Waals surface area contributed by atoms with E-state index < -0.39 is 0 Å². The summed E-state index contributed by atoms with van der Waals surface area (Å²) in [6.07, 6.45) is 5.39. The Hall–Kier alpha value is -1.02. The lowest BCUT2D eigenvalue weighted by molar-refractivity contribution is 0.413. The molecule has 2 heteroatoms. The lowest BCUT2D eigenvalue weighted by Crippen LogP contribution is -2.43. The third-order valence-corrected chi connectivity index (χ3v) is 4.40.